The molecular weight excluding hydrogens is 124 g/mol. The van der Waals surface area contributed by atoms with E-state index in [-0.39, 0.29) is 0 Å². The van der Waals surface area contributed by atoms with E-state index < -0.39 is 0 Å². The van der Waals surface area contributed by atoms with Crippen molar-refractivity contribution in [1.82, 2.24) is 10.6 Å². The minimum atomic E-state index is 0.701. The Hall–Kier alpha value is -0.0800. The van der Waals surface area contributed by atoms with Crippen molar-refractivity contribution in [3.05, 3.63) is 0 Å². The van der Waals surface area contributed by atoms with Crippen LogP contribution < -0.4 is 10.6 Å². The highest BCUT2D eigenvalue weighted by Gasteiger charge is 2.63. The highest BCUT2D eigenvalue weighted by Crippen LogP contribution is 2.60. The molecule has 0 atom stereocenters. The van der Waals surface area contributed by atoms with E-state index in [0.29, 0.717) is 10.8 Å². The van der Waals surface area contributed by atoms with Crippen LogP contribution >= 0.6 is 0 Å². The Balaban J connectivity index is 2.05. The van der Waals surface area contributed by atoms with Gasteiger partial charge in [0.2, 0.25) is 0 Å². The van der Waals surface area contributed by atoms with E-state index in [0.717, 1.165) is 0 Å². The molecule has 1 aliphatic carbocycles. The first kappa shape index (κ1) is 5.56. The summed E-state index contributed by atoms with van der Waals surface area (Å²) in [6, 6.07) is 0. The number of hydrogen-bond donors (Lipinski definition) is 2. The summed E-state index contributed by atoms with van der Waals surface area (Å²) in [6.07, 6.45) is 2.93. The van der Waals surface area contributed by atoms with Gasteiger partial charge in [-0.05, 0) is 12.8 Å². The molecule has 1 saturated carbocycles. The van der Waals surface area contributed by atoms with Crippen molar-refractivity contribution in [2.45, 2.75) is 12.8 Å². The third kappa shape index (κ3) is 0.372. The van der Waals surface area contributed by atoms with E-state index >= 15 is 0 Å². The first-order chi connectivity index (χ1) is 4.87. The maximum absolute atomic E-state index is 3.53. The Bertz CT molecular complexity index is 148. The third-order valence-electron chi connectivity index (χ3n) is 4.06. The van der Waals surface area contributed by atoms with E-state index in [9.17, 15) is 0 Å². The van der Waals surface area contributed by atoms with Crippen molar-refractivity contribution in [3.63, 3.8) is 0 Å². The molecule has 2 heteroatoms. The Morgan fingerprint density at radius 2 is 1.10 bits per heavy atom. The number of hydrogen-bond acceptors (Lipinski definition) is 2. The van der Waals surface area contributed by atoms with Gasteiger partial charge < -0.3 is 10.6 Å². The van der Waals surface area contributed by atoms with Gasteiger partial charge in [0.15, 0.2) is 0 Å². The van der Waals surface area contributed by atoms with E-state index in [2.05, 4.69) is 10.6 Å². The summed E-state index contributed by atoms with van der Waals surface area (Å²) in [4.78, 5) is 0. The van der Waals surface area contributed by atoms with Crippen LogP contribution in [0, 0.1) is 10.8 Å². The summed E-state index contributed by atoms with van der Waals surface area (Å²) < 4.78 is 0. The van der Waals surface area contributed by atoms with Gasteiger partial charge in [0.25, 0.3) is 0 Å². The van der Waals surface area contributed by atoms with Crippen LogP contribution in [0.3, 0.4) is 0 Å². The maximum Gasteiger partial charge on any atom is 0.00333 e. The minimum absolute atomic E-state index is 0.701. The van der Waals surface area contributed by atoms with Crippen LogP contribution in [0.5, 0.6) is 0 Å². The SMILES string of the molecule is C1CC23CNCC12CNC3. The highest BCUT2D eigenvalue weighted by molar-refractivity contribution is 5.18. The number of nitrogens with one attached hydrogen (secondary N) is 2. The molecule has 0 spiro atoms. The quantitative estimate of drug-likeness (QED) is 0.491. The fourth-order valence-electron chi connectivity index (χ4n) is 3.14. The van der Waals surface area contributed by atoms with Gasteiger partial charge in [-0.2, -0.15) is 0 Å². The van der Waals surface area contributed by atoms with Crippen LogP contribution in [0.2, 0.25) is 0 Å². The van der Waals surface area contributed by atoms with Gasteiger partial charge >= 0.3 is 0 Å². The Kier molecular flexibility index (Phi) is 0.783. The second kappa shape index (κ2) is 1.41. The van der Waals surface area contributed by atoms with Gasteiger partial charge in [0.05, 0.1) is 0 Å². The van der Waals surface area contributed by atoms with Gasteiger partial charge in [-0.15, -0.1) is 0 Å². The lowest BCUT2D eigenvalue weighted by molar-refractivity contribution is 0.0255. The van der Waals surface area contributed by atoms with Crippen LogP contribution in [0.1, 0.15) is 12.8 Å². The predicted octanol–water partition coefficient (Wildman–Crippen LogP) is -0.0406. The topological polar surface area (TPSA) is 24.1 Å². The Morgan fingerprint density at radius 3 is 1.40 bits per heavy atom. The minimum Gasteiger partial charge on any atom is -0.315 e. The molecule has 2 aliphatic heterocycles. The molecule has 0 aromatic rings. The van der Waals surface area contributed by atoms with Crippen molar-refractivity contribution < 1.29 is 0 Å². The average Bonchev–Trinajstić information content (AvgIpc) is 2.16. The summed E-state index contributed by atoms with van der Waals surface area (Å²) in [6.45, 7) is 5.11. The van der Waals surface area contributed by atoms with Gasteiger partial charge in [0.1, 0.15) is 0 Å². The fraction of sp³-hybridized carbons (Fsp3) is 1.00. The maximum atomic E-state index is 3.53. The lowest BCUT2D eigenvalue weighted by Crippen LogP contribution is -2.49. The van der Waals surface area contributed by atoms with Crippen LogP contribution in [0.4, 0.5) is 0 Å². The zero-order valence-corrected chi connectivity index (χ0v) is 6.24. The smallest absolute Gasteiger partial charge is 0.00333 e. The summed E-state index contributed by atoms with van der Waals surface area (Å²) in [5, 5.41) is 7.06. The van der Waals surface area contributed by atoms with Crippen LogP contribution in [0.25, 0.3) is 0 Å². The molecule has 0 bridgehead atoms. The third-order valence-corrected chi connectivity index (χ3v) is 4.06. The zero-order valence-electron chi connectivity index (χ0n) is 6.24. The molecule has 0 radical (unpaired) electrons. The standard InChI is InChI=1S/C8H14N2/c1-2-8-5-9-3-7(1,8)4-10-6-8/h9-10H,1-6H2. The summed E-state index contributed by atoms with van der Waals surface area (Å²) in [5.74, 6) is 0. The van der Waals surface area contributed by atoms with E-state index in [4.69, 9.17) is 0 Å². The average molecular weight is 138 g/mol. The molecule has 0 aromatic carbocycles. The molecule has 10 heavy (non-hydrogen) atoms. The van der Waals surface area contributed by atoms with Gasteiger partial charge in [-0.25, -0.2) is 0 Å². The van der Waals surface area contributed by atoms with Crippen molar-refractivity contribution >= 4 is 0 Å². The first-order valence-corrected chi connectivity index (χ1v) is 4.29. The molecule has 3 rings (SSSR count). The summed E-state index contributed by atoms with van der Waals surface area (Å²) in [5.41, 5.74) is 1.40. The highest BCUT2D eigenvalue weighted by atomic mass is 15.1. The second-order valence-corrected chi connectivity index (χ2v) is 4.27. The molecule has 0 aromatic heterocycles. The lowest BCUT2D eigenvalue weighted by Gasteiger charge is -2.49. The molecule has 56 valence electrons. The zero-order chi connectivity index (χ0) is 6.66. The second-order valence-electron chi connectivity index (χ2n) is 4.27. The normalized spacial score (nSPS) is 57.6. The van der Waals surface area contributed by atoms with Gasteiger partial charge in [-0.3, -0.25) is 0 Å². The lowest BCUT2D eigenvalue weighted by atomic mass is 9.53. The van der Waals surface area contributed by atoms with Gasteiger partial charge in [0, 0.05) is 37.0 Å². The predicted molar refractivity (Wildman–Crippen MR) is 39.8 cm³/mol. The largest absolute Gasteiger partial charge is 0.315 e. The molecule has 3 fully saturated rings. The van der Waals surface area contributed by atoms with Crippen LogP contribution in [0.15, 0.2) is 0 Å². The molecule has 2 N–H and O–H groups in total. The fourth-order valence-corrected chi connectivity index (χ4v) is 3.14. The van der Waals surface area contributed by atoms with Gasteiger partial charge in [-0.1, -0.05) is 0 Å². The molecule has 0 amide bonds. The molecule has 0 unspecified atom stereocenters. The monoisotopic (exact) mass is 138 g/mol. The first-order valence-electron chi connectivity index (χ1n) is 4.29. The van der Waals surface area contributed by atoms with E-state index in [1.807, 2.05) is 0 Å². The summed E-state index contributed by atoms with van der Waals surface area (Å²) >= 11 is 0. The molecule has 3 aliphatic rings. The summed E-state index contributed by atoms with van der Waals surface area (Å²) in [7, 11) is 0. The molecular formula is C8H14N2. The van der Waals surface area contributed by atoms with Crippen molar-refractivity contribution in [1.29, 1.82) is 0 Å². The van der Waals surface area contributed by atoms with Crippen molar-refractivity contribution in [2.75, 3.05) is 26.2 Å². The van der Waals surface area contributed by atoms with Crippen molar-refractivity contribution in [3.8, 4) is 0 Å². The molecule has 2 saturated heterocycles. The number of rotatable bonds is 0. The van der Waals surface area contributed by atoms with Crippen LogP contribution in [-0.4, -0.2) is 26.2 Å². The van der Waals surface area contributed by atoms with E-state index in [1.54, 1.807) is 0 Å². The Labute approximate surface area is 61.4 Å². The molecule has 2 heterocycles. The van der Waals surface area contributed by atoms with E-state index in [1.165, 1.54) is 39.0 Å². The van der Waals surface area contributed by atoms with Crippen LogP contribution in [-0.2, 0) is 0 Å². The van der Waals surface area contributed by atoms with Crippen molar-refractivity contribution in [2.24, 2.45) is 10.8 Å². The molecule has 2 nitrogen and oxygen atoms in total. The Morgan fingerprint density at radius 1 is 0.700 bits per heavy atom.